The lowest BCUT2D eigenvalue weighted by atomic mass is 9.88. The van der Waals surface area contributed by atoms with Crippen LogP contribution in [0.25, 0.3) is 114 Å². The summed E-state index contributed by atoms with van der Waals surface area (Å²) in [5, 5.41) is 4.57. The quantitative estimate of drug-likeness (QED) is 0.0279. The predicted octanol–water partition coefficient (Wildman–Crippen LogP) is 35.1. The number of aryl methyl sites for hydroxylation is 2. The van der Waals surface area contributed by atoms with Crippen molar-refractivity contribution in [1.82, 2.24) is 17.5 Å². The zero-order valence-corrected chi connectivity index (χ0v) is 80.0. The van der Waals surface area contributed by atoms with Crippen LogP contribution in [0.3, 0.4) is 0 Å². The van der Waals surface area contributed by atoms with Crippen LogP contribution in [0.15, 0.2) is 60.7 Å². The summed E-state index contributed by atoms with van der Waals surface area (Å²) >= 11 is 12.4. The largest absolute Gasteiger partial charge is 0.489 e. The number of nitrogens with zero attached hydrogens (tertiary/aromatic N) is 4. The van der Waals surface area contributed by atoms with E-state index >= 15 is 8.78 Å². The second-order valence-electron chi connectivity index (χ2n) is 33.7. The van der Waals surface area contributed by atoms with E-state index in [1.165, 1.54) is 285 Å². The van der Waals surface area contributed by atoms with Gasteiger partial charge in [-0.25, -0.2) is 8.78 Å². The number of rotatable bonds is 54. The molecule has 0 amide bonds. The minimum absolute atomic E-state index is 0.222. The first-order valence-corrected chi connectivity index (χ1v) is 52.7. The van der Waals surface area contributed by atoms with Gasteiger partial charge in [0.15, 0.2) is 23.1 Å². The highest BCUT2D eigenvalue weighted by Crippen LogP contribution is 2.56. The van der Waals surface area contributed by atoms with Crippen LogP contribution in [0.1, 0.15) is 325 Å². The lowest BCUT2D eigenvalue weighted by Gasteiger charge is -2.17. The van der Waals surface area contributed by atoms with E-state index in [9.17, 15) is 0 Å². The van der Waals surface area contributed by atoms with Crippen LogP contribution in [-0.2, 0) is 12.8 Å². The molecule has 2 atom stereocenters. The average Bonchev–Trinajstić information content (AvgIpc) is 1.56. The van der Waals surface area contributed by atoms with Gasteiger partial charge in [-0.3, -0.25) is 0 Å². The van der Waals surface area contributed by atoms with Crippen molar-refractivity contribution in [3.63, 3.8) is 0 Å². The Kier molecular flexibility index (Phi) is 38.9. The summed E-state index contributed by atoms with van der Waals surface area (Å²) in [5.41, 5.74) is 6.85. The second kappa shape index (κ2) is 50.7. The fourth-order valence-electron chi connectivity index (χ4n) is 17.4. The molecular weight excluding hydrogens is 1660 g/mol. The van der Waals surface area contributed by atoms with E-state index in [4.69, 9.17) is 33.4 Å². The van der Waals surface area contributed by atoms with Gasteiger partial charge in [-0.05, 0) is 168 Å². The van der Waals surface area contributed by atoms with Crippen molar-refractivity contribution >= 4 is 154 Å². The number of fused-ring (bicyclic) bond motifs is 6. The number of terminal acetylenes is 1. The van der Waals surface area contributed by atoms with Gasteiger partial charge in [-0.15, -0.1) is 74.4 Å². The molecule has 0 aliphatic carbocycles. The summed E-state index contributed by atoms with van der Waals surface area (Å²) in [5.74, 6) is 26.9. The molecule has 0 radical (unpaired) electrons. The Morgan fingerprint density at radius 2 is 0.672 bits per heavy atom. The van der Waals surface area contributed by atoms with Gasteiger partial charge in [0.25, 0.3) is 0 Å². The Bertz CT molecular complexity index is 5640. The van der Waals surface area contributed by atoms with Crippen LogP contribution < -0.4 is 9.47 Å². The normalized spacial score (nSPS) is 11.9. The lowest BCUT2D eigenvalue weighted by Crippen LogP contribution is -2.06. The number of halogens is 2. The summed E-state index contributed by atoms with van der Waals surface area (Å²) in [6.45, 7) is 16.2. The number of thiophene rings is 6. The summed E-state index contributed by atoms with van der Waals surface area (Å²) in [4.78, 5) is 8.08. The van der Waals surface area contributed by atoms with Gasteiger partial charge in [-0.1, -0.05) is 298 Å². The number of ether oxygens (including phenoxy) is 2. The average molecular weight is 1780 g/mol. The molecule has 2 unspecified atom stereocenters. The third-order valence-electron chi connectivity index (χ3n) is 24.1. The van der Waals surface area contributed by atoms with Crippen LogP contribution in [0, 0.1) is 109 Å². The van der Waals surface area contributed by atoms with Crippen molar-refractivity contribution in [2.24, 2.45) is 11.8 Å². The molecule has 16 heteroatoms. The summed E-state index contributed by atoms with van der Waals surface area (Å²) in [7, 11) is 0. The first kappa shape index (κ1) is 93.7. The molecule has 0 spiro atoms. The predicted molar refractivity (Wildman–Crippen MR) is 533 cm³/mol. The molecule has 0 aliphatic rings. The third kappa shape index (κ3) is 26.4. The molecular formula is C106H124F2N4O2S8. The molecule has 6 nitrogen and oxygen atoms in total. The smallest absolute Gasteiger partial charge is 0.193 e. The van der Waals surface area contributed by atoms with Gasteiger partial charge in [0.1, 0.15) is 28.2 Å². The number of hydrogen-bond acceptors (Lipinski definition) is 14. The molecule has 8 aromatic heterocycles. The van der Waals surface area contributed by atoms with Crippen molar-refractivity contribution in [3.8, 4) is 135 Å². The molecule has 0 aliphatic heterocycles. The zero-order chi connectivity index (χ0) is 85.0. The van der Waals surface area contributed by atoms with E-state index in [2.05, 4.69) is 174 Å². The van der Waals surface area contributed by atoms with E-state index in [1.54, 1.807) is 56.7 Å². The molecule has 8 heterocycles. The number of hydrogen-bond donors (Lipinski definition) is 0. The van der Waals surface area contributed by atoms with Gasteiger partial charge in [-0.2, -0.15) is 17.5 Å². The Morgan fingerprint density at radius 3 is 1.11 bits per heavy atom. The number of aromatic nitrogens is 4. The monoisotopic (exact) mass is 1780 g/mol. The minimum Gasteiger partial charge on any atom is -0.489 e. The molecule has 12 rings (SSSR count). The van der Waals surface area contributed by atoms with Crippen molar-refractivity contribution in [1.29, 1.82) is 0 Å². The zero-order valence-electron chi connectivity index (χ0n) is 73.5. The highest BCUT2D eigenvalue weighted by Gasteiger charge is 2.33. The van der Waals surface area contributed by atoms with E-state index < -0.39 is 11.6 Å². The summed E-state index contributed by atoms with van der Waals surface area (Å²) in [6, 6.07) is 22.8. The van der Waals surface area contributed by atoms with Crippen LogP contribution in [0.5, 0.6) is 11.5 Å². The van der Waals surface area contributed by atoms with E-state index in [0.29, 0.717) is 51.4 Å². The third-order valence-corrected chi connectivity index (χ3v) is 32.0. The summed E-state index contributed by atoms with van der Waals surface area (Å²) < 4.78 is 74.9. The molecule has 0 saturated heterocycles. The Balaban J connectivity index is 0.918. The maximum absolute atomic E-state index is 18.1. The molecule has 4 aromatic carbocycles. The molecule has 0 bridgehead atoms. The van der Waals surface area contributed by atoms with Gasteiger partial charge in [0.2, 0.25) is 0 Å². The Hall–Kier alpha value is -7.42. The fraction of sp³-hybridized carbons (Fsp3) is 0.509. The SMILES string of the molecule is C#CC#CC#CC#CC#CC#COc1c(OCCCCCCCCCCCC)c(-c2cc3cc4sc(C)cc4cc3s2)c2nsnc2c1-c1cc2cc3sc(-c4sc(-c5c(F)c(F)c(-c6cc(CC(CCCCCCCC)CCCCCCCCCC)c(C)s6)c6nsnc56)cc4CC(CCCCCCCC)CCCCCCCCCC)cc3cc2s1. The van der Waals surface area contributed by atoms with E-state index in [-0.39, 0.29) is 11.1 Å². The van der Waals surface area contributed by atoms with Gasteiger partial charge in [0.05, 0.1) is 52.3 Å². The topological polar surface area (TPSA) is 70.0 Å². The Labute approximate surface area is 760 Å². The van der Waals surface area contributed by atoms with Crippen molar-refractivity contribution in [2.45, 2.75) is 331 Å². The summed E-state index contributed by atoms with van der Waals surface area (Å²) in [6.07, 6.45) is 62.6. The maximum atomic E-state index is 18.1. The van der Waals surface area contributed by atoms with Crippen LogP contribution in [-0.4, -0.2) is 24.1 Å². The van der Waals surface area contributed by atoms with E-state index in [0.717, 1.165) is 123 Å². The van der Waals surface area contributed by atoms with Gasteiger partial charge in [0, 0.05) is 87.4 Å². The van der Waals surface area contributed by atoms with Crippen molar-refractivity contribution < 1.29 is 18.3 Å². The molecule has 642 valence electrons. The van der Waals surface area contributed by atoms with Crippen LogP contribution >= 0.6 is 91.5 Å². The highest BCUT2D eigenvalue weighted by molar-refractivity contribution is 7.28. The van der Waals surface area contributed by atoms with Gasteiger partial charge < -0.3 is 9.47 Å². The van der Waals surface area contributed by atoms with Crippen molar-refractivity contribution in [3.05, 3.63) is 93.2 Å². The van der Waals surface area contributed by atoms with Gasteiger partial charge >= 0.3 is 0 Å². The lowest BCUT2D eigenvalue weighted by molar-refractivity contribution is 0.295. The van der Waals surface area contributed by atoms with E-state index in [1.807, 2.05) is 11.3 Å². The highest BCUT2D eigenvalue weighted by atomic mass is 32.1. The van der Waals surface area contributed by atoms with Crippen LogP contribution in [0.2, 0.25) is 0 Å². The molecule has 0 fully saturated rings. The first-order chi connectivity index (χ1) is 60.0. The van der Waals surface area contributed by atoms with Crippen LogP contribution in [0.4, 0.5) is 8.78 Å². The number of benzene rings is 4. The van der Waals surface area contributed by atoms with Crippen molar-refractivity contribution in [2.75, 3.05) is 6.61 Å². The standard InChI is InChI=1S/C106H124F2N4O2S8/c1-9-15-21-27-33-37-39-43-49-55-61-113-104-96(91-71-81-68-85-80(63-75(7)115-85)67-86(81)117-91)102-103(112-122-111-102)97(105(104)114-62-56-50-44-40-38-34-28-22-16-10-2)92-72-82-69-88-83(70-87(82)118-92)73-93(119-88)106-84(65-78(59-52-46-32-26-20-14-6)60-54-48-42-36-30-24-18-12-4)74-90(120-106)95-99(108)98(107)94(100-101(95)110-121-109-100)89-66-79(76(8)116-89)64-77(57-51-45-31-25-19-13-5)58-53-47-41-35-29-23-17-11-3/h2,63,66-74,77-78H,9,11-15,17-21,23-27,29-33,35-37,39,41-43,45-49,51-55,57-61,64-65H2,1,3-8H3. The second-order valence-corrected chi connectivity index (χ2v) is 41.6. The molecule has 0 N–H and O–H groups in total. The minimum atomic E-state index is -0.841. The fourth-order valence-corrected chi connectivity index (χ4v) is 25.3. The molecule has 122 heavy (non-hydrogen) atoms. The molecule has 0 saturated carbocycles. The first-order valence-electron chi connectivity index (χ1n) is 46.4. The number of unbranched alkanes of at least 4 members (excludes halogenated alkanes) is 33. The molecule has 12 aromatic rings. The Morgan fingerprint density at radius 1 is 0.336 bits per heavy atom. The maximum Gasteiger partial charge on any atom is 0.193 e.